The minimum atomic E-state index is 0.166. The lowest BCUT2D eigenvalue weighted by Gasteiger charge is -2.48. The van der Waals surface area contributed by atoms with Crippen molar-refractivity contribution in [2.24, 2.45) is 0 Å². The molecule has 0 bridgehead atoms. The molecule has 3 heteroatoms. The lowest BCUT2D eigenvalue weighted by Crippen LogP contribution is -2.61. The van der Waals surface area contributed by atoms with Crippen LogP contribution in [0.15, 0.2) is 0 Å². The van der Waals surface area contributed by atoms with Crippen LogP contribution in [0.5, 0.6) is 0 Å². The van der Waals surface area contributed by atoms with Crippen molar-refractivity contribution in [3.8, 4) is 0 Å². The third-order valence-corrected chi connectivity index (χ3v) is 3.88. The van der Waals surface area contributed by atoms with E-state index in [0.717, 1.165) is 26.3 Å². The van der Waals surface area contributed by atoms with Crippen LogP contribution in [-0.4, -0.2) is 48.8 Å². The maximum Gasteiger partial charge on any atom is 0.0645 e. The Kier molecular flexibility index (Phi) is 5.90. The maximum atomic E-state index is 5.60. The highest BCUT2D eigenvalue weighted by molar-refractivity contribution is 4.92. The van der Waals surface area contributed by atoms with E-state index in [0.29, 0.717) is 12.1 Å². The van der Waals surface area contributed by atoms with E-state index in [1.807, 2.05) is 0 Å². The SMILES string of the molecule is CCCNC(CC)C(C)N1CCOCC1(C)C. The van der Waals surface area contributed by atoms with Crippen molar-refractivity contribution in [3.05, 3.63) is 0 Å². The van der Waals surface area contributed by atoms with Gasteiger partial charge in [-0.3, -0.25) is 4.90 Å². The van der Waals surface area contributed by atoms with E-state index in [1.54, 1.807) is 0 Å². The van der Waals surface area contributed by atoms with E-state index in [1.165, 1.54) is 12.8 Å². The van der Waals surface area contributed by atoms with Crippen LogP contribution in [0.4, 0.5) is 0 Å². The smallest absolute Gasteiger partial charge is 0.0645 e. The van der Waals surface area contributed by atoms with E-state index >= 15 is 0 Å². The van der Waals surface area contributed by atoms with Crippen molar-refractivity contribution in [2.45, 2.75) is 65.1 Å². The summed E-state index contributed by atoms with van der Waals surface area (Å²) in [5, 5.41) is 3.67. The summed E-state index contributed by atoms with van der Waals surface area (Å²) in [5.74, 6) is 0. The van der Waals surface area contributed by atoms with Gasteiger partial charge >= 0.3 is 0 Å². The molecule has 1 fully saturated rings. The van der Waals surface area contributed by atoms with Crippen molar-refractivity contribution in [2.75, 3.05) is 26.3 Å². The zero-order chi connectivity index (χ0) is 12.9. The Morgan fingerprint density at radius 1 is 1.35 bits per heavy atom. The molecule has 0 saturated carbocycles. The molecule has 17 heavy (non-hydrogen) atoms. The van der Waals surface area contributed by atoms with Gasteiger partial charge in [0.15, 0.2) is 0 Å². The summed E-state index contributed by atoms with van der Waals surface area (Å²) >= 11 is 0. The number of hydrogen-bond acceptors (Lipinski definition) is 3. The molecule has 1 rings (SSSR count). The van der Waals surface area contributed by atoms with Gasteiger partial charge in [0.25, 0.3) is 0 Å². The molecule has 1 aliphatic heterocycles. The molecule has 0 radical (unpaired) electrons. The standard InChI is InChI=1S/C14H30N2O/c1-6-8-15-13(7-2)12(3)16-9-10-17-11-14(16,4)5/h12-13,15H,6-11H2,1-5H3. The lowest BCUT2D eigenvalue weighted by atomic mass is 9.96. The Bertz CT molecular complexity index is 218. The normalized spacial score (nSPS) is 24.5. The Labute approximate surface area is 107 Å². The molecular formula is C14H30N2O. The molecule has 0 aromatic carbocycles. The summed E-state index contributed by atoms with van der Waals surface area (Å²) in [6, 6.07) is 1.16. The monoisotopic (exact) mass is 242 g/mol. The highest BCUT2D eigenvalue weighted by Crippen LogP contribution is 2.23. The Balaban J connectivity index is 2.61. The third-order valence-electron chi connectivity index (χ3n) is 3.88. The van der Waals surface area contributed by atoms with Crippen LogP contribution in [0.1, 0.15) is 47.5 Å². The third kappa shape index (κ3) is 3.94. The van der Waals surface area contributed by atoms with E-state index in [2.05, 4.69) is 44.8 Å². The van der Waals surface area contributed by atoms with E-state index in [9.17, 15) is 0 Å². The topological polar surface area (TPSA) is 24.5 Å². The maximum absolute atomic E-state index is 5.60. The highest BCUT2D eigenvalue weighted by Gasteiger charge is 2.35. The van der Waals surface area contributed by atoms with E-state index < -0.39 is 0 Å². The highest BCUT2D eigenvalue weighted by atomic mass is 16.5. The van der Waals surface area contributed by atoms with Crippen LogP contribution in [0.25, 0.3) is 0 Å². The van der Waals surface area contributed by atoms with Crippen LogP contribution in [0.3, 0.4) is 0 Å². The lowest BCUT2D eigenvalue weighted by molar-refractivity contribution is -0.0750. The quantitative estimate of drug-likeness (QED) is 0.773. The summed E-state index contributed by atoms with van der Waals surface area (Å²) in [6.45, 7) is 15.3. The van der Waals surface area contributed by atoms with Gasteiger partial charge in [-0.15, -0.1) is 0 Å². The molecular weight excluding hydrogens is 212 g/mol. The molecule has 1 saturated heterocycles. The van der Waals surface area contributed by atoms with Crippen LogP contribution >= 0.6 is 0 Å². The van der Waals surface area contributed by atoms with Gasteiger partial charge in [-0.05, 0) is 40.2 Å². The van der Waals surface area contributed by atoms with Crippen molar-refractivity contribution in [1.29, 1.82) is 0 Å². The molecule has 0 aliphatic carbocycles. The zero-order valence-corrected chi connectivity index (χ0v) is 12.3. The molecule has 2 unspecified atom stereocenters. The van der Waals surface area contributed by atoms with Crippen LogP contribution < -0.4 is 5.32 Å². The Hall–Kier alpha value is -0.120. The molecule has 0 aromatic heterocycles. The van der Waals surface area contributed by atoms with E-state index in [4.69, 9.17) is 4.74 Å². The second-order valence-corrected chi connectivity index (χ2v) is 5.77. The number of rotatable bonds is 6. The molecule has 0 spiro atoms. The fourth-order valence-electron chi connectivity index (χ4n) is 2.83. The van der Waals surface area contributed by atoms with Crippen LogP contribution in [0, 0.1) is 0 Å². The number of morpholine rings is 1. The number of nitrogens with zero attached hydrogens (tertiary/aromatic N) is 1. The first-order valence-corrected chi connectivity index (χ1v) is 7.10. The summed E-state index contributed by atoms with van der Waals surface area (Å²) in [7, 11) is 0. The summed E-state index contributed by atoms with van der Waals surface area (Å²) < 4.78 is 5.60. The fourth-order valence-corrected chi connectivity index (χ4v) is 2.83. The molecule has 1 N–H and O–H groups in total. The Morgan fingerprint density at radius 3 is 2.59 bits per heavy atom. The molecule has 0 amide bonds. The first-order valence-electron chi connectivity index (χ1n) is 7.10. The molecule has 1 heterocycles. The summed E-state index contributed by atoms with van der Waals surface area (Å²) in [6.07, 6.45) is 2.39. The fraction of sp³-hybridized carbons (Fsp3) is 1.00. The van der Waals surface area contributed by atoms with Gasteiger partial charge in [-0.2, -0.15) is 0 Å². The molecule has 1 aliphatic rings. The van der Waals surface area contributed by atoms with Crippen molar-refractivity contribution in [3.63, 3.8) is 0 Å². The van der Waals surface area contributed by atoms with Gasteiger partial charge in [-0.1, -0.05) is 13.8 Å². The average molecular weight is 242 g/mol. The number of hydrogen-bond donors (Lipinski definition) is 1. The Morgan fingerprint density at radius 2 is 2.06 bits per heavy atom. The van der Waals surface area contributed by atoms with Crippen LogP contribution in [-0.2, 0) is 4.74 Å². The van der Waals surface area contributed by atoms with Gasteiger partial charge < -0.3 is 10.1 Å². The molecule has 3 nitrogen and oxygen atoms in total. The number of nitrogens with one attached hydrogen (secondary N) is 1. The first kappa shape index (κ1) is 14.9. The minimum Gasteiger partial charge on any atom is -0.378 e. The predicted octanol–water partition coefficient (Wildman–Crippen LogP) is 2.26. The molecule has 2 atom stereocenters. The number of ether oxygens (including phenoxy) is 1. The van der Waals surface area contributed by atoms with Crippen LogP contribution in [0.2, 0.25) is 0 Å². The average Bonchev–Trinajstić information content (AvgIpc) is 2.29. The van der Waals surface area contributed by atoms with Gasteiger partial charge in [0.1, 0.15) is 0 Å². The molecule has 102 valence electrons. The summed E-state index contributed by atoms with van der Waals surface area (Å²) in [4.78, 5) is 2.60. The molecule has 0 aromatic rings. The van der Waals surface area contributed by atoms with Gasteiger partial charge in [0.2, 0.25) is 0 Å². The second-order valence-electron chi connectivity index (χ2n) is 5.77. The van der Waals surface area contributed by atoms with E-state index in [-0.39, 0.29) is 5.54 Å². The minimum absolute atomic E-state index is 0.166. The van der Waals surface area contributed by atoms with Crippen molar-refractivity contribution < 1.29 is 4.74 Å². The summed E-state index contributed by atoms with van der Waals surface area (Å²) in [5.41, 5.74) is 0.166. The van der Waals surface area contributed by atoms with Crippen molar-refractivity contribution in [1.82, 2.24) is 10.2 Å². The first-order chi connectivity index (χ1) is 8.03. The largest absolute Gasteiger partial charge is 0.378 e. The van der Waals surface area contributed by atoms with Gasteiger partial charge in [0.05, 0.1) is 13.2 Å². The predicted molar refractivity (Wildman–Crippen MR) is 73.4 cm³/mol. The van der Waals surface area contributed by atoms with Gasteiger partial charge in [-0.25, -0.2) is 0 Å². The van der Waals surface area contributed by atoms with Gasteiger partial charge in [0, 0.05) is 24.2 Å². The van der Waals surface area contributed by atoms with Crippen molar-refractivity contribution >= 4 is 0 Å². The second kappa shape index (κ2) is 6.72. The zero-order valence-electron chi connectivity index (χ0n) is 12.3.